The lowest BCUT2D eigenvalue weighted by Crippen LogP contribution is -2.17. The molecule has 0 atom stereocenters. The number of aryl methyl sites for hydroxylation is 1. The van der Waals surface area contributed by atoms with Gasteiger partial charge in [-0.1, -0.05) is 17.9 Å². The smallest absolute Gasteiger partial charge is 0.128 e. The zero-order valence-corrected chi connectivity index (χ0v) is 12.3. The molecular weight excluding hydrogens is 267 g/mol. The fourth-order valence-electron chi connectivity index (χ4n) is 2.12. The highest BCUT2D eigenvalue weighted by Gasteiger charge is 2.08. The van der Waals surface area contributed by atoms with Crippen molar-refractivity contribution in [2.24, 2.45) is 12.8 Å². The summed E-state index contributed by atoms with van der Waals surface area (Å²) in [6.07, 6.45) is 3.77. The van der Waals surface area contributed by atoms with Crippen LogP contribution in [-0.4, -0.2) is 28.3 Å². The van der Waals surface area contributed by atoms with Crippen molar-refractivity contribution < 1.29 is 4.39 Å². The van der Waals surface area contributed by atoms with Crippen LogP contribution in [0.15, 0.2) is 30.6 Å². The number of rotatable bonds is 4. The number of hydrogen-bond donors (Lipinski definition) is 1. The molecule has 0 saturated carbocycles. The molecule has 5 heteroatoms. The monoisotopic (exact) mass is 286 g/mol. The van der Waals surface area contributed by atoms with Crippen molar-refractivity contribution in [2.75, 3.05) is 13.6 Å². The topological polar surface area (TPSA) is 47.1 Å². The van der Waals surface area contributed by atoms with Crippen LogP contribution in [0, 0.1) is 17.7 Å². The Hall–Kier alpha value is -2.16. The summed E-state index contributed by atoms with van der Waals surface area (Å²) in [5.41, 5.74) is 7.71. The van der Waals surface area contributed by atoms with Gasteiger partial charge in [0.25, 0.3) is 0 Å². The first-order valence-electron chi connectivity index (χ1n) is 6.72. The minimum Gasteiger partial charge on any atom is -0.320 e. The Labute approximate surface area is 124 Å². The van der Waals surface area contributed by atoms with Gasteiger partial charge < -0.3 is 5.73 Å². The summed E-state index contributed by atoms with van der Waals surface area (Å²) >= 11 is 0. The molecule has 0 fully saturated rings. The fraction of sp³-hybridized carbons (Fsp3) is 0.312. The molecule has 21 heavy (non-hydrogen) atoms. The summed E-state index contributed by atoms with van der Waals surface area (Å²) in [4.78, 5) is 2.04. The van der Waals surface area contributed by atoms with E-state index in [-0.39, 0.29) is 12.4 Å². The molecule has 0 radical (unpaired) electrons. The first-order chi connectivity index (χ1) is 10.1. The number of nitrogens with two attached hydrogens (primary N) is 1. The second-order valence-electron chi connectivity index (χ2n) is 5.01. The summed E-state index contributed by atoms with van der Waals surface area (Å²) in [7, 11) is 3.83. The zero-order valence-electron chi connectivity index (χ0n) is 12.3. The molecule has 0 bridgehead atoms. The van der Waals surface area contributed by atoms with E-state index < -0.39 is 0 Å². The Balaban J connectivity index is 2.02. The standard InChI is InChI=1S/C16H19FN4/c1-20(10-14-9-19-21(2)11-14)12-15-6-5-13(4-3-7-18)8-16(15)17/h5-6,8-9,11H,7,10,12,18H2,1-2H3. The van der Waals surface area contributed by atoms with E-state index in [9.17, 15) is 4.39 Å². The van der Waals surface area contributed by atoms with Crippen LogP contribution in [0.2, 0.25) is 0 Å². The van der Waals surface area contributed by atoms with Gasteiger partial charge in [-0.05, 0) is 19.2 Å². The van der Waals surface area contributed by atoms with Gasteiger partial charge in [0.2, 0.25) is 0 Å². The van der Waals surface area contributed by atoms with Gasteiger partial charge in [0.1, 0.15) is 5.82 Å². The Morgan fingerprint density at radius 2 is 2.19 bits per heavy atom. The van der Waals surface area contributed by atoms with Gasteiger partial charge in [-0.2, -0.15) is 5.10 Å². The average Bonchev–Trinajstić information content (AvgIpc) is 2.84. The number of hydrogen-bond acceptors (Lipinski definition) is 3. The molecule has 110 valence electrons. The van der Waals surface area contributed by atoms with E-state index in [1.165, 1.54) is 6.07 Å². The predicted octanol–water partition coefficient (Wildman–Crippen LogP) is 1.50. The van der Waals surface area contributed by atoms with E-state index in [0.717, 1.165) is 12.1 Å². The van der Waals surface area contributed by atoms with Gasteiger partial charge in [0.05, 0.1) is 12.7 Å². The van der Waals surface area contributed by atoms with E-state index in [4.69, 9.17) is 5.73 Å². The Kier molecular flexibility index (Phi) is 5.09. The second kappa shape index (κ2) is 7.02. The van der Waals surface area contributed by atoms with E-state index >= 15 is 0 Å². The van der Waals surface area contributed by atoms with Crippen molar-refractivity contribution in [2.45, 2.75) is 13.1 Å². The first kappa shape index (κ1) is 15.2. The molecule has 0 spiro atoms. The van der Waals surface area contributed by atoms with Gasteiger partial charge in [0, 0.05) is 43.0 Å². The Morgan fingerprint density at radius 3 is 2.81 bits per heavy atom. The molecular formula is C16H19FN4. The van der Waals surface area contributed by atoms with Gasteiger partial charge in [-0.15, -0.1) is 0 Å². The Bertz CT molecular complexity index is 666. The molecule has 0 aliphatic rings. The van der Waals surface area contributed by atoms with Crippen LogP contribution in [0.25, 0.3) is 0 Å². The van der Waals surface area contributed by atoms with Crippen LogP contribution in [0.3, 0.4) is 0 Å². The third-order valence-corrected chi connectivity index (χ3v) is 3.04. The maximum atomic E-state index is 14.0. The van der Waals surface area contributed by atoms with Crippen LogP contribution < -0.4 is 5.73 Å². The second-order valence-corrected chi connectivity index (χ2v) is 5.01. The van der Waals surface area contributed by atoms with E-state index in [1.54, 1.807) is 10.7 Å². The fourth-order valence-corrected chi connectivity index (χ4v) is 2.12. The van der Waals surface area contributed by atoms with Gasteiger partial charge in [0.15, 0.2) is 0 Å². The molecule has 0 aliphatic carbocycles. The first-order valence-corrected chi connectivity index (χ1v) is 6.72. The predicted molar refractivity (Wildman–Crippen MR) is 80.7 cm³/mol. The molecule has 0 amide bonds. The van der Waals surface area contributed by atoms with Crippen molar-refractivity contribution in [3.8, 4) is 11.8 Å². The minimum absolute atomic E-state index is 0.239. The summed E-state index contributed by atoms with van der Waals surface area (Å²) in [6, 6.07) is 5.05. The van der Waals surface area contributed by atoms with Crippen molar-refractivity contribution in [3.63, 3.8) is 0 Å². The minimum atomic E-state index is -0.239. The largest absolute Gasteiger partial charge is 0.320 e. The van der Waals surface area contributed by atoms with Crippen LogP contribution >= 0.6 is 0 Å². The lowest BCUT2D eigenvalue weighted by atomic mass is 10.1. The quantitative estimate of drug-likeness (QED) is 0.867. The molecule has 0 saturated heterocycles. The third kappa shape index (κ3) is 4.42. The van der Waals surface area contributed by atoms with Crippen LogP contribution in [0.5, 0.6) is 0 Å². The summed E-state index contributed by atoms with van der Waals surface area (Å²) in [6.45, 7) is 1.53. The molecule has 0 unspecified atom stereocenters. The van der Waals surface area contributed by atoms with Gasteiger partial charge in [-0.25, -0.2) is 4.39 Å². The van der Waals surface area contributed by atoms with Crippen molar-refractivity contribution in [1.82, 2.24) is 14.7 Å². The maximum Gasteiger partial charge on any atom is 0.128 e. The number of halogens is 1. The lowest BCUT2D eigenvalue weighted by Gasteiger charge is -2.16. The molecule has 0 aliphatic heterocycles. The van der Waals surface area contributed by atoms with Gasteiger partial charge in [-0.3, -0.25) is 9.58 Å². The SMILES string of the molecule is CN(Cc1cnn(C)c1)Cc1ccc(C#CCN)cc1F. The van der Waals surface area contributed by atoms with E-state index in [1.807, 2.05) is 37.5 Å². The van der Waals surface area contributed by atoms with Crippen LogP contribution in [0.4, 0.5) is 4.39 Å². The summed E-state index contributed by atoms with van der Waals surface area (Å²) < 4.78 is 15.8. The molecule has 2 N–H and O–H groups in total. The molecule has 2 aromatic rings. The molecule has 1 aromatic carbocycles. The lowest BCUT2D eigenvalue weighted by molar-refractivity contribution is 0.313. The van der Waals surface area contributed by atoms with Crippen molar-refractivity contribution >= 4 is 0 Å². The molecule has 4 nitrogen and oxygen atoms in total. The number of nitrogens with zero attached hydrogens (tertiary/aromatic N) is 3. The normalized spacial score (nSPS) is 10.5. The number of benzene rings is 1. The summed E-state index contributed by atoms with van der Waals surface area (Å²) in [5, 5.41) is 4.12. The van der Waals surface area contributed by atoms with Crippen molar-refractivity contribution in [1.29, 1.82) is 0 Å². The van der Waals surface area contributed by atoms with Crippen LogP contribution in [0.1, 0.15) is 16.7 Å². The molecule has 1 heterocycles. The highest BCUT2D eigenvalue weighted by Crippen LogP contribution is 2.13. The summed E-state index contributed by atoms with van der Waals surface area (Å²) in [5.74, 6) is 5.31. The maximum absolute atomic E-state index is 14.0. The zero-order chi connectivity index (χ0) is 15.2. The highest BCUT2D eigenvalue weighted by atomic mass is 19.1. The molecule has 2 rings (SSSR count). The van der Waals surface area contributed by atoms with E-state index in [0.29, 0.717) is 17.7 Å². The third-order valence-electron chi connectivity index (χ3n) is 3.04. The van der Waals surface area contributed by atoms with Gasteiger partial charge >= 0.3 is 0 Å². The van der Waals surface area contributed by atoms with Crippen LogP contribution in [-0.2, 0) is 20.1 Å². The van der Waals surface area contributed by atoms with Crippen molar-refractivity contribution in [3.05, 3.63) is 53.1 Å². The Morgan fingerprint density at radius 1 is 1.38 bits per heavy atom. The number of aromatic nitrogens is 2. The highest BCUT2D eigenvalue weighted by molar-refractivity contribution is 5.37. The molecule has 1 aromatic heterocycles. The van der Waals surface area contributed by atoms with E-state index in [2.05, 4.69) is 16.9 Å². The average molecular weight is 286 g/mol.